The largest absolute Gasteiger partial charge is 0.338 e. The van der Waals surface area contributed by atoms with E-state index in [2.05, 4.69) is 10.5 Å². The Morgan fingerprint density at radius 2 is 1.95 bits per heavy atom. The van der Waals surface area contributed by atoms with E-state index in [0.29, 0.717) is 18.2 Å². The fourth-order valence-electron chi connectivity index (χ4n) is 2.98. The third-order valence-corrected chi connectivity index (χ3v) is 4.11. The highest BCUT2D eigenvalue weighted by atomic mass is 16.5. The molecule has 0 unspecified atom stereocenters. The first kappa shape index (κ1) is 13.9. The maximum Gasteiger partial charge on any atom is 0.239 e. The fourth-order valence-corrected chi connectivity index (χ4v) is 2.98. The number of anilines is 1. The van der Waals surface area contributed by atoms with Gasteiger partial charge < -0.3 is 4.52 Å². The molecule has 1 fully saturated rings. The highest BCUT2D eigenvalue weighted by Crippen LogP contribution is 2.29. The van der Waals surface area contributed by atoms with Gasteiger partial charge in [0.1, 0.15) is 0 Å². The molecule has 2 aromatic rings. The summed E-state index contributed by atoms with van der Waals surface area (Å²) in [6.07, 6.45) is 8.34. The fraction of sp³-hybridized carbons (Fsp3) is 0.412. The van der Waals surface area contributed by atoms with Gasteiger partial charge in [-0.05, 0) is 24.3 Å². The molecule has 21 heavy (non-hydrogen) atoms. The van der Waals surface area contributed by atoms with Gasteiger partial charge in [0.05, 0.1) is 11.8 Å². The van der Waals surface area contributed by atoms with Crippen LogP contribution in [0.5, 0.6) is 0 Å². The molecule has 0 aliphatic heterocycles. The van der Waals surface area contributed by atoms with Gasteiger partial charge in [0, 0.05) is 6.42 Å². The van der Waals surface area contributed by atoms with E-state index >= 15 is 0 Å². The van der Waals surface area contributed by atoms with E-state index in [-0.39, 0.29) is 5.91 Å². The Hall–Kier alpha value is -2.10. The summed E-state index contributed by atoms with van der Waals surface area (Å²) in [4.78, 5) is 12.2. The average Bonchev–Trinajstić information content (AvgIpc) is 2.97. The number of rotatable bonds is 4. The number of hydrogen-bond acceptors (Lipinski definition) is 3. The van der Waals surface area contributed by atoms with Gasteiger partial charge in [-0.15, -0.1) is 0 Å². The summed E-state index contributed by atoms with van der Waals surface area (Å²) in [6.45, 7) is 0. The highest BCUT2D eigenvalue weighted by Gasteiger charge is 2.19. The standard InChI is InChI=1S/C17H20N2O2/c20-16(11-13-7-3-1-4-8-13)19-17-15(12-18-21-17)14-9-5-2-6-10-14/h2,5-6,9-10,12-13H,1,3-4,7-8,11H2,(H,19,20). The lowest BCUT2D eigenvalue weighted by Crippen LogP contribution is -2.18. The van der Waals surface area contributed by atoms with Crippen LogP contribution in [0.4, 0.5) is 5.88 Å². The number of amides is 1. The molecule has 3 rings (SSSR count). The summed E-state index contributed by atoms with van der Waals surface area (Å²) in [5.41, 5.74) is 1.82. The van der Waals surface area contributed by atoms with E-state index in [4.69, 9.17) is 4.52 Å². The zero-order valence-electron chi connectivity index (χ0n) is 12.0. The smallest absolute Gasteiger partial charge is 0.239 e. The number of nitrogens with zero attached hydrogens (tertiary/aromatic N) is 1. The van der Waals surface area contributed by atoms with Gasteiger partial charge in [0.2, 0.25) is 11.8 Å². The van der Waals surface area contributed by atoms with Crippen molar-refractivity contribution in [3.8, 4) is 11.1 Å². The first-order valence-electron chi connectivity index (χ1n) is 7.63. The Bertz CT molecular complexity index is 586. The summed E-state index contributed by atoms with van der Waals surface area (Å²) in [5, 5.41) is 6.68. The van der Waals surface area contributed by atoms with Crippen molar-refractivity contribution in [3.05, 3.63) is 36.5 Å². The minimum atomic E-state index is 0.0239. The molecule has 1 N–H and O–H groups in total. The third kappa shape index (κ3) is 3.51. The van der Waals surface area contributed by atoms with Crippen LogP contribution in [-0.4, -0.2) is 11.1 Å². The monoisotopic (exact) mass is 284 g/mol. The predicted molar refractivity (Wildman–Crippen MR) is 81.8 cm³/mol. The second kappa shape index (κ2) is 6.57. The van der Waals surface area contributed by atoms with Crippen LogP contribution in [0.15, 0.2) is 41.1 Å². The molecular formula is C17H20N2O2. The van der Waals surface area contributed by atoms with E-state index in [1.54, 1.807) is 6.20 Å². The third-order valence-electron chi connectivity index (χ3n) is 4.11. The maximum atomic E-state index is 12.2. The lowest BCUT2D eigenvalue weighted by Gasteiger charge is -2.20. The Balaban J connectivity index is 1.65. The number of carbonyl (C=O) groups is 1. The van der Waals surface area contributed by atoms with Crippen molar-refractivity contribution in [1.29, 1.82) is 0 Å². The number of nitrogens with one attached hydrogen (secondary N) is 1. The van der Waals surface area contributed by atoms with Gasteiger partial charge >= 0.3 is 0 Å². The second-order valence-electron chi connectivity index (χ2n) is 5.69. The van der Waals surface area contributed by atoms with Crippen molar-refractivity contribution < 1.29 is 9.32 Å². The van der Waals surface area contributed by atoms with E-state index < -0.39 is 0 Å². The van der Waals surface area contributed by atoms with E-state index in [0.717, 1.165) is 24.0 Å². The van der Waals surface area contributed by atoms with Crippen LogP contribution >= 0.6 is 0 Å². The van der Waals surface area contributed by atoms with Crippen molar-refractivity contribution in [3.63, 3.8) is 0 Å². The molecular weight excluding hydrogens is 264 g/mol. The molecule has 1 aromatic carbocycles. The van der Waals surface area contributed by atoms with Crippen molar-refractivity contribution in [2.45, 2.75) is 38.5 Å². The quantitative estimate of drug-likeness (QED) is 0.913. The van der Waals surface area contributed by atoms with Crippen molar-refractivity contribution in [2.24, 2.45) is 5.92 Å². The van der Waals surface area contributed by atoms with Gasteiger partial charge in [-0.3, -0.25) is 10.1 Å². The first-order valence-corrected chi connectivity index (χ1v) is 7.63. The Morgan fingerprint density at radius 3 is 2.71 bits per heavy atom. The van der Waals surface area contributed by atoms with E-state index in [9.17, 15) is 4.79 Å². The molecule has 0 radical (unpaired) electrons. The molecule has 1 saturated carbocycles. The van der Waals surface area contributed by atoms with Gasteiger partial charge in [-0.1, -0.05) is 54.8 Å². The van der Waals surface area contributed by atoms with Crippen molar-refractivity contribution in [2.75, 3.05) is 5.32 Å². The van der Waals surface area contributed by atoms with Crippen LogP contribution in [0.3, 0.4) is 0 Å². The predicted octanol–water partition coefficient (Wildman–Crippen LogP) is 4.25. The molecule has 1 aromatic heterocycles. The summed E-state index contributed by atoms with van der Waals surface area (Å²) >= 11 is 0. The Labute approximate surface area is 124 Å². The molecule has 0 atom stereocenters. The number of carbonyl (C=O) groups excluding carboxylic acids is 1. The molecule has 0 saturated heterocycles. The highest BCUT2D eigenvalue weighted by molar-refractivity contribution is 5.93. The van der Waals surface area contributed by atoms with Crippen molar-refractivity contribution in [1.82, 2.24) is 5.16 Å². The van der Waals surface area contributed by atoms with E-state index in [1.807, 2.05) is 30.3 Å². The zero-order valence-corrected chi connectivity index (χ0v) is 12.0. The van der Waals surface area contributed by atoms with Gasteiger partial charge in [0.15, 0.2) is 0 Å². The first-order chi connectivity index (χ1) is 10.3. The molecule has 4 heteroatoms. The Morgan fingerprint density at radius 1 is 1.19 bits per heavy atom. The molecule has 0 bridgehead atoms. The average molecular weight is 284 g/mol. The van der Waals surface area contributed by atoms with Gasteiger partial charge in [-0.2, -0.15) is 0 Å². The van der Waals surface area contributed by atoms with Crippen LogP contribution in [0.2, 0.25) is 0 Å². The summed E-state index contributed by atoms with van der Waals surface area (Å²) < 4.78 is 5.20. The van der Waals surface area contributed by atoms with Crippen LogP contribution in [0, 0.1) is 5.92 Å². The lowest BCUT2D eigenvalue weighted by atomic mass is 9.87. The Kier molecular flexibility index (Phi) is 4.34. The molecule has 0 spiro atoms. The lowest BCUT2D eigenvalue weighted by molar-refractivity contribution is -0.117. The van der Waals surface area contributed by atoms with Gasteiger partial charge in [0.25, 0.3) is 0 Å². The van der Waals surface area contributed by atoms with Crippen molar-refractivity contribution >= 4 is 11.8 Å². The number of hydrogen-bond donors (Lipinski definition) is 1. The second-order valence-corrected chi connectivity index (χ2v) is 5.69. The van der Waals surface area contributed by atoms with Gasteiger partial charge in [-0.25, -0.2) is 0 Å². The minimum absolute atomic E-state index is 0.0239. The molecule has 110 valence electrons. The topological polar surface area (TPSA) is 55.1 Å². The molecule has 1 amide bonds. The summed E-state index contributed by atoms with van der Waals surface area (Å²) in [5.74, 6) is 0.986. The zero-order chi connectivity index (χ0) is 14.5. The van der Waals surface area contributed by atoms with Crippen LogP contribution in [-0.2, 0) is 4.79 Å². The minimum Gasteiger partial charge on any atom is -0.338 e. The molecule has 1 aliphatic rings. The molecule has 1 heterocycles. The maximum absolute atomic E-state index is 12.2. The summed E-state index contributed by atoms with van der Waals surface area (Å²) in [7, 11) is 0. The van der Waals surface area contributed by atoms with Crippen LogP contribution in [0.1, 0.15) is 38.5 Å². The molecule has 1 aliphatic carbocycles. The normalized spacial score (nSPS) is 15.8. The SMILES string of the molecule is O=C(CC1CCCCC1)Nc1oncc1-c1ccccc1. The van der Waals surface area contributed by atoms with E-state index in [1.165, 1.54) is 19.3 Å². The number of benzene rings is 1. The van der Waals surface area contributed by atoms with Crippen LogP contribution < -0.4 is 5.32 Å². The summed E-state index contributed by atoms with van der Waals surface area (Å²) in [6, 6.07) is 9.82. The molecule has 4 nitrogen and oxygen atoms in total. The van der Waals surface area contributed by atoms with Crippen LogP contribution in [0.25, 0.3) is 11.1 Å². The number of aromatic nitrogens is 1.